The molecule has 1 amide bonds. The number of ether oxygens (including phenoxy) is 2. The Morgan fingerprint density at radius 2 is 2.04 bits per heavy atom. The standard InChI is InChI=1S/C17H21NO4S/c1-21-13-9-12-11(5-7-18-16(19)3-4-17(18)20)6-8-23-15(12)10-14(13)22-2/h5,9-10,16,19H,3-4,6-8H2,1-2H3/b11-5+/t16-/m0/s1. The molecule has 2 aliphatic rings. The molecule has 6 heteroatoms. The average molecular weight is 335 g/mol. The first kappa shape index (κ1) is 16.2. The van der Waals surface area contributed by atoms with Crippen LogP contribution in [0, 0.1) is 0 Å². The van der Waals surface area contributed by atoms with Crippen LogP contribution in [0.5, 0.6) is 11.5 Å². The van der Waals surface area contributed by atoms with Gasteiger partial charge in [-0.2, -0.15) is 0 Å². The lowest BCUT2D eigenvalue weighted by Gasteiger charge is -2.23. The molecule has 2 aliphatic heterocycles. The number of thioether (sulfide) groups is 1. The third-order valence-corrected chi connectivity index (χ3v) is 5.35. The van der Waals surface area contributed by atoms with E-state index in [1.165, 1.54) is 10.5 Å². The minimum absolute atomic E-state index is 0.0204. The molecule has 0 saturated carbocycles. The molecule has 0 radical (unpaired) electrons. The zero-order valence-corrected chi connectivity index (χ0v) is 14.2. The Labute approximate surface area is 140 Å². The highest BCUT2D eigenvalue weighted by Crippen LogP contribution is 2.43. The second-order valence-corrected chi connectivity index (χ2v) is 6.73. The molecular formula is C17H21NO4S. The summed E-state index contributed by atoms with van der Waals surface area (Å²) in [4.78, 5) is 14.5. The summed E-state index contributed by atoms with van der Waals surface area (Å²) in [7, 11) is 3.26. The van der Waals surface area contributed by atoms with Gasteiger partial charge in [-0.25, -0.2) is 0 Å². The summed E-state index contributed by atoms with van der Waals surface area (Å²) < 4.78 is 10.8. The molecule has 0 spiro atoms. The number of hydrogen-bond acceptors (Lipinski definition) is 5. The largest absolute Gasteiger partial charge is 0.493 e. The van der Waals surface area contributed by atoms with Gasteiger partial charge in [0, 0.05) is 30.0 Å². The van der Waals surface area contributed by atoms with Crippen LogP contribution in [0.15, 0.2) is 23.1 Å². The normalized spacial score (nSPS) is 22.4. The van der Waals surface area contributed by atoms with Gasteiger partial charge >= 0.3 is 0 Å². The summed E-state index contributed by atoms with van der Waals surface area (Å²) in [6.07, 6.45) is 3.30. The minimum atomic E-state index is -0.651. The average Bonchev–Trinajstić information content (AvgIpc) is 2.89. The van der Waals surface area contributed by atoms with E-state index in [0.29, 0.717) is 25.1 Å². The van der Waals surface area contributed by atoms with Crippen molar-refractivity contribution in [3.8, 4) is 11.5 Å². The minimum Gasteiger partial charge on any atom is -0.493 e. The number of carbonyl (C=O) groups is 1. The Kier molecular flexibility index (Phi) is 4.82. The number of nitrogens with zero attached hydrogens (tertiary/aromatic N) is 1. The van der Waals surface area contributed by atoms with Crippen molar-refractivity contribution < 1.29 is 19.4 Å². The molecule has 2 heterocycles. The molecule has 1 saturated heterocycles. The zero-order chi connectivity index (χ0) is 16.4. The maximum Gasteiger partial charge on any atom is 0.225 e. The number of allylic oxidation sites excluding steroid dienone is 1. The van der Waals surface area contributed by atoms with Gasteiger partial charge in [0.15, 0.2) is 11.5 Å². The molecule has 0 aliphatic carbocycles. The monoisotopic (exact) mass is 335 g/mol. The number of benzene rings is 1. The number of rotatable bonds is 4. The molecule has 1 N–H and O–H groups in total. The zero-order valence-electron chi connectivity index (χ0n) is 13.4. The summed E-state index contributed by atoms with van der Waals surface area (Å²) in [5.74, 6) is 2.44. The van der Waals surface area contributed by atoms with Crippen LogP contribution in [-0.2, 0) is 4.79 Å². The molecule has 0 bridgehead atoms. The summed E-state index contributed by atoms with van der Waals surface area (Å²) in [6.45, 7) is 0.452. The lowest BCUT2D eigenvalue weighted by atomic mass is 10.0. The number of hydrogen-bond donors (Lipinski definition) is 1. The predicted octanol–water partition coefficient (Wildman–Crippen LogP) is 2.52. The highest BCUT2D eigenvalue weighted by molar-refractivity contribution is 7.99. The Morgan fingerprint density at radius 1 is 1.30 bits per heavy atom. The molecule has 1 atom stereocenters. The fourth-order valence-corrected chi connectivity index (χ4v) is 4.08. The molecule has 23 heavy (non-hydrogen) atoms. The Morgan fingerprint density at radius 3 is 2.70 bits per heavy atom. The van der Waals surface area contributed by atoms with Crippen molar-refractivity contribution >= 4 is 23.2 Å². The second kappa shape index (κ2) is 6.84. The number of methoxy groups -OCH3 is 2. The predicted molar refractivity (Wildman–Crippen MR) is 89.8 cm³/mol. The SMILES string of the molecule is COc1cc2c(cc1OC)/C(=C/CN1C(=O)CC[C@@H]1O)CCS2. The first-order valence-corrected chi connectivity index (χ1v) is 8.68. The summed E-state index contributed by atoms with van der Waals surface area (Å²) in [5.41, 5.74) is 2.31. The van der Waals surface area contributed by atoms with Gasteiger partial charge in [0.2, 0.25) is 5.91 Å². The highest BCUT2D eigenvalue weighted by atomic mass is 32.2. The molecular weight excluding hydrogens is 314 g/mol. The van der Waals surface area contributed by atoms with Crippen LogP contribution in [0.2, 0.25) is 0 Å². The van der Waals surface area contributed by atoms with Crippen LogP contribution >= 0.6 is 11.8 Å². The van der Waals surface area contributed by atoms with Crippen LogP contribution in [0.1, 0.15) is 24.8 Å². The van der Waals surface area contributed by atoms with Crippen molar-refractivity contribution in [2.24, 2.45) is 0 Å². The van der Waals surface area contributed by atoms with Crippen LogP contribution < -0.4 is 9.47 Å². The molecule has 1 aromatic carbocycles. The van der Waals surface area contributed by atoms with Gasteiger partial charge in [-0.15, -0.1) is 11.8 Å². The maximum atomic E-state index is 11.8. The Bertz CT molecular complexity index is 644. The quantitative estimate of drug-likeness (QED) is 0.916. The topological polar surface area (TPSA) is 59.0 Å². The molecule has 1 aromatic rings. The van der Waals surface area contributed by atoms with E-state index in [0.717, 1.165) is 28.4 Å². The van der Waals surface area contributed by atoms with E-state index in [1.807, 2.05) is 12.1 Å². The Balaban J connectivity index is 1.88. The first-order valence-electron chi connectivity index (χ1n) is 7.69. The van der Waals surface area contributed by atoms with Gasteiger partial charge in [-0.1, -0.05) is 6.08 Å². The number of fused-ring (bicyclic) bond motifs is 1. The summed E-state index contributed by atoms with van der Waals surface area (Å²) in [5, 5.41) is 9.87. The van der Waals surface area contributed by atoms with Crippen molar-refractivity contribution in [2.75, 3.05) is 26.5 Å². The number of aliphatic hydroxyl groups excluding tert-OH is 1. The molecule has 1 fully saturated rings. The van der Waals surface area contributed by atoms with Gasteiger partial charge in [0.05, 0.1) is 14.2 Å². The first-order chi connectivity index (χ1) is 11.1. The summed E-state index contributed by atoms with van der Waals surface area (Å²) >= 11 is 1.79. The van der Waals surface area contributed by atoms with E-state index in [-0.39, 0.29) is 5.91 Å². The summed E-state index contributed by atoms with van der Waals surface area (Å²) in [6, 6.07) is 4.00. The van der Waals surface area contributed by atoms with E-state index >= 15 is 0 Å². The fourth-order valence-electron chi connectivity index (χ4n) is 3.00. The van der Waals surface area contributed by atoms with Crippen LogP contribution in [-0.4, -0.2) is 48.7 Å². The van der Waals surface area contributed by atoms with Gasteiger partial charge in [-0.3, -0.25) is 4.79 Å². The maximum absolute atomic E-state index is 11.8. The molecule has 0 unspecified atom stereocenters. The van der Waals surface area contributed by atoms with Gasteiger partial charge in [0.1, 0.15) is 6.23 Å². The van der Waals surface area contributed by atoms with E-state index in [1.54, 1.807) is 26.0 Å². The van der Waals surface area contributed by atoms with E-state index < -0.39 is 6.23 Å². The second-order valence-electron chi connectivity index (χ2n) is 5.60. The van der Waals surface area contributed by atoms with Gasteiger partial charge in [-0.05, 0) is 29.7 Å². The van der Waals surface area contributed by atoms with E-state index in [4.69, 9.17) is 9.47 Å². The van der Waals surface area contributed by atoms with Crippen LogP contribution in [0.25, 0.3) is 5.57 Å². The number of aliphatic hydroxyl groups is 1. The van der Waals surface area contributed by atoms with Crippen molar-refractivity contribution in [1.29, 1.82) is 0 Å². The van der Waals surface area contributed by atoms with Crippen molar-refractivity contribution in [2.45, 2.75) is 30.4 Å². The molecule has 3 rings (SSSR count). The van der Waals surface area contributed by atoms with E-state index in [2.05, 4.69) is 6.08 Å². The number of carbonyl (C=O) groups excluding carboxylic acids is 1. The fraction of sp³-hybridized carbons (Fsp3) is 0.471. The molecule has 124 valence electrons. The van der Waals surface area contributed by atoms with Gasteiger partial charge < -0.3 is 19.5 Å². The van der Waals surface area contributed by atoms with Crippen molar-refractivity contribution in [3.05, 3.63) is 23.8 Å². The number of amides is 1. The smallest absolute Gasteiger partial charge is 0.225 e. The van der Waals surface area contributed by atoms with Crippen molar-refractivity contribution in [1.82, 2.24) is 4.90 Å². The lowest BCUT2D eigenvalue weighted by molar-refractivity contribution is -0.132. The van der Waals surface area contributed by atoms with E-state index in [9.17, 15) is 9.90 Å². The number of likely N-dealkylation sites (tertiary alicyclic amines) is 1. The van der Waals surface area contributed by atoms with Crippen LogP contribution in [0.3, 0.4) is 0 Å². The van der Waals surface area contributed by atoms with Crippen molar-refractivity contribution in [3.63, 3.8) is 0 Å². The van der Waals surface area contributed by atoms with Crippen LogP contribution in [0.4, 0.5) is 0 Å². The third-order valence-electron chi connectivity index (χ3n) is 4.29. The lowest BCUT2D eigenvalue weighted by Crippen LogP contribution is -2.32. The van der Waals surface area contributed by atoms with Gasteiger partial charge in [0.25, 0.3) is 0 Å². The Hall–Kier alpha value is -1.66. The third kappa shape index (κ3) is 3.19. The molecule has 0 aromatic heterocycles. The highest BCUT2D eigenvalue weighted by Gasteiger charge is 2.28. The molecule has 5 nitrogen and oxygen atoms in total.